The van der Waals surface area contributed by atoms with E-state index in [9.17, 15) is 24.0 Å². The number of carbonyl (C=O) groups excluding carboxylic acids is 4. The summed E-state index contributed by atoms with van der Waals surface area (Å²) in [6.07, 6.45) is 2.54. The van der Waals surface area contributed by atoms with E-state index in [4.69, 9.17) is 43.0 Å². The Hall–Kier alpha value is -3.03. The van der Waals surface area contributed by atoms with Crippen molar-refractivity contribution in [3.8, 4) is 0 Å². The highest BCUT2D eigenvalue weighted by Gasteiger charge is 2.22. The molecule has 0 fully saturated rings. The molecule has 2 atom stereocenters. The minimum absolute atomic E-state index is 0.0540. The first-order valence-electron chi connectivity index (χ1n) is 15.2. The van der Waals surface area contributed by atoms with Crippen molar-refractivity contribution < 1.29 is 67.0 Å². The van der Waals surface area contributed by atoms with E-state index in [0.29, 0.717) is 92.5 Å². The maximum Gasteiger partial charge on any atom is 0.325 e. The van der Waals surface area contributed by atoms with E-state index in [1.54, 1.807) is 0 Å². The zero-order valence-corrected chi connectivity index (χ0v) is 26.7. The first kappa shape index (κ1) is 41.0. The Morgan fingerprint density at radius 2 is 0.935 bits per heavy atom. The van der Waals surface area contributed by atoms with Gasteiger partial charge in [-0.1, -0.05) is 0 Å². The average Bonchev–Trinajstić information content (AvgIpc) is 3.34. The van der Waals surface area contributed by atoms with Crippen LogP contribution in [0, 0.1) is 0 Å². The van der Waals surface area contributed by atoms with Crippen LogP contribution in [0.1, 0.15) is 20.3 Å². The molecule has 0 aromatic carbocycles. The van der Waals surface area contributed by atoms with Crippen LogP contribution >= 0.6 is 0 Å². The van der Waals surface area contributed by atoms with E-state index >= 15 is 0 Å². The number of hydrogen-bond acceptors (Lipinski definition) is 13. The number of carboxylic acids is 1. The molecule has 3 N–H and O–H groups in total. The van der Waals surface area contributed by atoms with Crippen molar-refractivity contribution in [1.82, 2.24) is 15.5 Å². The third-order valence-corrected chi connectivity index (χ3v) is 5.94. The maximum atomic E-state index is 11.9. The molecule has 0 radical (unpaired) electrons. The second kappa shape index (κ2) is 27.1. The van der Waals surface area contributed by atoms with Crippen LogP contribution in [0.25, 0.3) is 0 Å². The Morgan fingerprint density at radius 1 is 0.587 bits per heavy atom. The van der Waals surface area contributed by atoms with E-state index in [0.717, 1.165) is 4.90 Å². The molecular weight excluding hydrogens is 614 g/mol. The summed E-state index contributed by atoms with van der Waals surface area (Å²) >= 11 is 0. The van der Waals surface area contributed by atoms with Gasteiger partial charge in [0.05, 0.1) is 112 Å². The monoisotopic (exact) mass is 663 g/mol. The fourth-order valence-corrected chi connectivity index (χ4v) is 3.39. The summed E-state index contributed by atoms with van der Waals surface area (Å²) in [6, 6.07) is -1.91. The highest BCUT2D eigenvalue weighted by molar-refractivity contribution is 6.12. The minimum Gasteiger partial charge on any atom is -0.480 e. The smallest absolute Gasteiger partial charge is 0.325 e. The molecule has 0 saturated heterocycles. The lowest BCUT2D eigenvalue weighted by atomic mass is 10.2. The van der Waals surface area contributed by atoms with Gasteiger partial charge in [-0.3, -0.25) is 28.9 Å². The van der Waals surface area contributed by atoms with E-state index < -0.39 is 24.0 Å². The first-order valence-corrected chi connectivity index (χ1v) is 15.2. The number of imide groups is 1. The summed E-state index contributed by atoms with van der Waals surface area (Å²) in [7, 11) is 0. The number of ether oxygens (including phenoxy) is 8. The van der Waals surface area contributed by atoms with Crippen molar-refractivity contribution in [2.24, 2.45) is 0 Å². The topological polar surface area (TPSA) is 207 Å². The first-order chi connectivity index (χ1) is 22.2. The fraction of sp³-hybridized carbons (Fsp3) is 0.759. The van der Waals surface area contributed by atoms with Crippen LogP contribution in [-0.4, -0.2) is 164 Å². The molecule has 1 rings (SSSR count). The number of carboxylic acid groups (broad SMARTS) is 1. The lowest BCUT2D eigenvalue weighted by Gasteiger charge is -2.16. The van der Waals surface area contributed by atoms with Gasteiger partial charge in [0.2, 0.25) is 11.8 Å². The summed E-state index contributed by atoms with van der Waals surface area (Å²) in [5, 5.41) is 13.6. The lowest BCUT2D eigenvalue weighted by Crippen LogP contribution is -2.49. The maximum absolute atomic E-state index is 11.9. The highest BCUT2D eigenvalue weighted by Crippen LogP contribution is 2.02. The molecule has 17 nitrogen and oxygen atoms in total. The summed E-state index contributed by atoms with van der Waals surface area (Å²) in [6.45, 7) is 9.05. The van der Waals surface area contributed by atoms with Crippen LogP contribution in [-0.2, 0) is 61.9 Å². The van der Waals surface area contributed by atoms with Crippen molar-refractivity contribution in [2.45, 2.75) is 32.4 Å². The van der Waals surface area contributed by atoms with Crippen LogP contribution in [0.4, 0.5) is 0 Å². The van der Waals surface area contributed by atoms with Crippen molar-refractivity contribution in [3.63, 3.8) is 0 Å². The third-order valence-electron chi connectivity index (χ3n) is 5.94. The molecule has 4 amide bonds. The van der Waals surface area contributed by atoms with Crippen molar-refractivity contribution >= 4 is 29.6 Å². The van der Waals surface area contributed by atoms with Gasteiger partial charge < -0.3 is 53.6 Å². The molecule has 0 saturated carbocycles. The Labute approximate surface area is 269 Å². The Morgan fingerprint density at radius 3 is 1.30 bits per heavy atom. The zero-order valence-electron chi connectivity index (χ0n) is 26.7. The molecular formula is C29H49N3O14. The number of aliphatic carboxylic acids is 1. The number of rotatable bonds is 31. The Balaban J connectivity index is 1.73. The van der Waals surface area contributed by atoms with Gasteiger partial charge in [0.1, 0.15) is 12.1 Å². The lowest BCUT2D eigenvalue weighted by molar-refractivity contribution is -0.141. The molecule has 46 heavy (non-hydrogen) atoms. The van der Waals surface area contributed by atoms with Crippen LogP contribution in [0.3, 0.4) is 0 Å². The molecule has 264 valence electrons. The third kappa shape index (κ3) is 21.7. The van der Waals surface area contributed by atoms with Crippen molar-refractivity contribution in [2.75, 3.05) is 112 Å². The fourth-order valence-electron chi connectivity index (χ4n) is 3.39. The molecule has 0 aromatic heterocycles. The van der Waals surface area contributed by atoms with Gasteiger partial charge in [-0.05, 0) is 13.8 Å². The molecule has 1 aliphatic rings. The summed E-state index contributed by atoms with van der Waals surface area (Å²) < 4.78 is 43.1. The van der Waals surface area contributed by atoms with E-state index in [1.807, 2.05) is 0 Å². The van der Waals surface area contributed by atoms with Gasteiger partial charge in [-0.15, -0.1) is 0 Å². The van der Waals surface area contributed by atoms with Gasteiger partial charge in [0.25, 0.3) is 11.8 Å². The van der Waals surface area contributed by atoms with Crippen LogP contribution in [0.15, 0.2) is 12.2 Å². The highest BCUT2D eigenvalue weighted by atomic mass is 16.6. The predicted octanol–water partition coefficient (Wildman–Crippen LogP) is -1.47. The molecule has 0 aliphatic carbocycles. The molecule has 0 spiro atoms. The SMILES string of the molecule is C[C@H](NC(=O)[C@H](C)NC(=O)CCOCCOCCOCCOCCOCCOCCOCCOCCN1C(=O)C=CC1=O)C(=O)O. The van der Waals surface area contributed by atoms with E-state index in [1.165, 1.54) is 26.0 Å². The quantitative estimate of drug-likeness (QED) is 0.0572. The Bertz CT molecular complexity index is 902. The number of hydrogen-bond donors (Lipinski definition) is 3. The van der Waals surface area contributed by atoms with Gasteiger partial charge in [0.15, 0.2) is 0 Å². The molecule has 0 bridgehead atoms. The zero-order chi connectivity index (χ0) is 33.8. The van der Waals surface area contributed by atoms with Gasteiger partial charge in [-0.25, -0.2) is 0 Å². The van der Waals surface area contributed by atoms with Crippen LogP contribution < -0.4 is 10.6 Å². The molecule has 0 unspecified atom stereocenters. The minimum atomic E-state index is -1.16. The van der Waals surface area contributed by atoms with Crippen molar-refractivity contribution in [1.29, 1.82) is 0 Å². The largest absolute Gasteiger partial charge is 0.480 e. The van der Waals surface area contributed by atoms with Gasteiger partial charge >= 0.3 is 5.97 Å². The summed E-state index contributed by atoms with van der Waals surface area (Å²) in [5.41, 5.74) is 0. The number of amides is 4. The van der Waals surface area contributed by atoms with E-state index in [-0.39, 0.29) is 43.9 Å². The Kier molecular flexibility index (Phi) is 24.2. The molecule has 0 aromatic rings. The second-order valence-corrected chi connectivity index (χ2v) is 9.67. The van der Waals surface area contributed by atoms with Crippen LogP contribution in [0.5, 0.6) is 0 Å². The summed E-state index contributed by atoms with van der Waals surface area (Å²) in [4.78, 5) is 58.4. The van der Waals surface area contributed by atoms with Gasteiger partial charge in [0, 0.05) is 18.6 Å². The number of carbonyl (C=O) groups is 5. The summed E-state index contributed by atoms with van der Waals surface area (Å²) in [5.74, 6) is -2.77. The number of nitrogens with zero attached hydrogens (tertiary/aromatic N) is 1. The normalized spacial score (nSPS) is 14.1. The van der Waals surface area contributed by atoms with E-state index in [2.05, 4.69) is 10.6 Å². The van der Waals surface area contributed by atoms with Crippen molar-refractivity contribution in [3.05, 3.63) is 12.2 Å². The van der Waals surface area contributed by atoms with Crippen LogP contribution in [0.2, 0.25) is 0 Å². The number of nitrogens with one attached hydrogen (secondary N) is 2. The molecule has 1 heterocycles. The van der Waals surface area contributed by atoms with Gasteiger partial charge in [-0.2, -0.15) is 0 Å². The molecule has 17 heteroatoms. The second-order valence-electron chi connectivity index (χ2n) is 9.67. The average molecular weight is 664 g/mol. The standard InChI is InChI=1S/C29H49N3O14/c1-23(28(36)31-24(2)29(37)38)30-25(33)5-7-39-9-11-41-13-15-43-17-19-45-21-22-46-20-18-44-16-14-42-12-10-40-8-6-32-26(34)3-4-27(32)35/h3-4,23-24H,5-22H2,1-2H3,(H,30,33)(H,31,36)(H,37,38)/t23-,24-/m0/s1. The predicted molar refractivity (Wildman–Crippen MR) is 160 cm³/mol. The molecule has 1 aliphatic heterocycles.